The summed E-state index contributed by atoms with van der Waals surface area (Å²) in [6.45, 7) is 4.60. The molecule has 2 aromatic rings. The van der Waals surface area contributed by atoms with Gasteiger partial charge in [-0.3, -0.25) is 9.69 Å². The van der Waals surface area contributed by atoms with E-state index in [4.69, 9.17) is 4.74 Å². The second-order valence-corrected chi connectivity index (χ2v) is 6.41. The topological polar surface area (TPSA) is 56.6 Å². The first-order chi connectivity index (χ1) is 12.7. The summed E-state index contributed by atoms with van der Waals surface area (Å²) >= 11 is 0. The highest BCUT2D eigenvalue weighted by Gasteiger charge is 2.27. The van der Waals surface area contributed by atoms with Gasteiger partial charge in [0.1, 0.15) is 11.8 Å². The van der Waals surface area contributed by atoms with Crippen molar-refractivity contribution in [2.75, 3.05) is 32.8 Å². The van der Waals surface area contributed by atoms with Crippen LogP contribution in [0.5, 0.6) is 5.75 Å². The Bertz CT molecular complexity index is 777. The third-order valence-corrected chi connectivity index (χ3v) is 4.71. The maximum absolute atomic E-state index is 12.4. The van der Waals surface area contributed by atoms with E-state index in [1.807, 2.05) is 66.4 Å². The fourth-order valence-corrected chi connectivity index (χ4v) is 3.18. The lowest BCUT2D eigenvalue weighted by atomic mass is 10.1. The van der Waals surface area contributed by atoms with Crippen molar-refractivity contribution < 1.29 is 9.53 Å². The van der Waals surface area contributed by atoms with Crippen LogP contribution in [0.15, 0.2) is 54.6 Å². The van der Waals surface area contributed by atoms with Gasteiger partial charge in [-0.1, -0.05) is 48.5 Å². The lowest BCUT2D eigenvalue weighted by Gasteiger charge is -2.37. The largest absolute Gasteiger partial charge is 0.484 e. The van der Waals surface area contributed by atoms with Crippen LogP contribution >= 0.6 is 0 Å². The molecule has 0 N–H and O–H groups in total. The standard InChI is InChI=1S/C21H23N3O2/c1-17-7-5-6-10-20(17)26-16-21(25)24-13-11-23(12-14-24)19(15-22)18-8-3-2-4-9-18/h2-10,19H,11-14,16H2,1H3/t19-/m0/s1. The van der Waals surface area contributed by atoms with E-state index >= 15 is 0 Å². The molecule has 3 rings (SSSR count). The van der Waals surface area contributed by atoms with Crippen LogP contribution in [0.3, 0.4) is 0 Å². The molecule has 26 heavy (non-hydrogen) atoms. The van der Waals surface area contributed by atoms with Gasteiger partial charge in [0.2, 0.25) is 0 Å². The van der Waals surface area contributed by atoms with Crippen molar-refractivity contribution in [3.8, 4) is 11.8 Å². The number of ether oxygens (including phenoxy) is 1. The van der Waals surface area contributed by atoms with E-state index in [1.165, 1.54) is 0 Å². The van der Waals surface area contributed by atoms with E-state index in [9.17, 15) is 10.1 Å². The Kier molecular flexibility index (Phi) is 5.88. The van der Waals surface area contributed by atoms with Crippen LogP contribution in [0.2, 0.25) is 0 Å². The predicted molar refractivity (Wildman–Crippen MR) is 99.6 cm³/mol. The number of rotatable bonds is 5. The Morgan fingerprint density at radius 2 is 1.73 bits per heavy atom. The van der Waals surface area contributed by atoms with Crippen LogP contribution < -0.4 is 4.74 Å². The molecule has 5 heteroatoms. The minimum atomic E-state index is -0.267. The van der Waals surface area contributed by atoms with Crippen molar-refractivity contribution in [2.24, 2.45) is 0 Å². The quantitative estimate of drug-likeness (QED) is 0.833. The third-order valence-electron chi connectivity index (χ3n) is 4.71. The summed E-state index contributed by atoms with van der Waals surface area (Å²) in [7, 11) is 0. The van der Waals surface area contributed by atoms with E-state index in [1.54, 1.807) is 0 Å². The number of hydrogen-bond donors (Lipinski definition) is 0. The molecule has 2 aromatic carbocycles. The summed E-state index contributed by atoms with van der Waals surface area (Å²) in [6.07, 6.45) is 0. The van der Waals surface area contributed by atoms with Gasteiger partial charge in [0.25, 0.3) is 5.91 Å². The first-order valence-corrected chi connectivity index (χ1v) is 8.84. The molecular formula is C21H23N3O2. The highest BCUT2D eigenvalue weighted by atomic mass is 16.5. The molecule has 5 nitrogen and oxygen atoms in total. The van der Waals surface area contributed by atoms with Gasteiger partial charge in [-0.05, 0) is 24.1 Å². The van der Waals surface area contributed by atoms with Crippen molar-refractivity contribution in [3.63, 3.8) is 0 Å². The molecule has 1 fully saturated rings. The SMILES string of the molecule is Cc1ccccc1OCC(=O)N1CCN([C@@H](C#N)c2ccccc2)CC1. The Morgan fingerprint density at radius 3 is 2.38 bits per heavy atom. The zero-order chi connectivity index (χ0) is 18.4. The number of benzene rings is 2. The average Bonchev–Trinajstić information content (AvgIpc) is 2.69. The summed E-state index contributed by atoms with van der Waals surface area (Å²) < 4.78 is 5.66. The van der Waals surface area contributed by atoms with E-state index in [0.717, 1.165) is 16.9 Å². The number of carbonyl (C=O) groups excluding carboxylic acids is 1. The van der Waals surface area contributed by atoms with Crippen LogP contribution in [0, 0.1) is 18.3 Å². The van der Waals surface area contributed by atoms with Gasteiger partial charge < -0.3 is 9.64 Å². The van der Waals surface area contributed by atoms with Crippen molar-refractivity contribution in [1.29, 1.82) is 5.26 Å². The number of piperazine rings is 1. The fraction of sp³-hybridized carbons (Fsp3) is 0.333. The van der Waals surface area contributed by atoms with Gasteiger partial charge >= 0.3 is 0 Å². The number of hydrogen-bond acceptors (Lipinski definition) is 4. The molecule has 134 valence electrons. The summed E-state index contributed by atoms with van der Waals surface area (Å²) in [5, 5.41) is 9.55. The van der Waals surface area contributed by atoms with Crippen molar-refractivity contribution in [2.45, 2.75) is 13.0 Å². The first kappa shape index (κ1) is 18.0. The van der Waals surface area contributed by atoms with Gasteiger partial charge in [-0.15, -0.1) is 0 Å². The molecule has 1 aliphatic rings. The van der Waals surface area contributed by atoms with Crippen LogP contribution in [0.25, 0.3) is 0 Å². The first-order valence-electron chi connectivity index (χ1n) is 8.84. The van der Waals surface area contributed by atoms with E-state index in [0.29, 0.717) is 26.2 Å². The maximum atomic E-state index is 12.4. The summed E-state index contributed by atoms with van der Waals surface area (Å²) in [5.41, 5.74) is 2.02. The van der Waals surface area contributed by atoms with Crippen molar-refractivity contribution >= 4 is 5.91 Å². The molecule has 1 heterocycles. The summed E-state index contributed by atoms with van der Waals surface area (Å²) in [4.78, 5) is 16.4. The summed E-state index contributed by atoms with van der Waals surface area (Å²) in [5.74, 6) is 0.731. The lowest BCUT2D eigenvalue weighted by molar-refractivity contribution is -0.135. The average molecular weight is 349 g/mol. The molecule has 0 spiro atoms. The smallest absolute Gasteiger partial charge is 0.260 e. The molecule has 0 aromatic heterocycles. The molecule has 0 radical (unpaired) electrons. The van der Waals surface area contributed by atoms with Gasteiger partial charge in [-0.25, -0.2) is 0 Å². The molecule has 1 atom stereocenters. The molecule has 0 aliphatic carbocycles. The highest BCUT2D eigenvalue weighted by Crippen LogP contribution is 2.21. The number of amides is 1. The number of nitriles is 1. The van der Waals surface area contributed by atoms with Gasteiger partial charge in [0, 0.05) is 26.2 Å². The second-order valence-electron chi connectivity index (χ2n) is 6.41. The number of nitrogens with zero attached hydrogens (tertiary/aromatic N) is 3. The molecule has 0 saturated carbocycles. The van der Waals surface area contributed by atoms with Gasteiger partial charge in [0.05, 0.1) is 6.07 Å². The molecule has 1 amide bonds. The number of para-hydroxylation sites is 1. The van der Waals surface area contributed by atoms with Crippen LogP contribution in [0.1, 0.15) is 17.2 Å². The second kappa shape index (κ2) is 8.50. The van der Waals surface area contributed by atoms with Crippen molar-refractivity contribution in [3.05, 3.63) is 65.7 Å². The number of aryl methyl sites for hydroxylation is 1. The van der Waals surface area contributed by atoms with E-state index in [2.05, 4.69) is 11.0 Å². The molecule has 0 unspecified atom stereocenters. The molecule has 1 saturated heterocycles. The number of carbonyl (C=O) groups is 1. The van der Waals surface area contributed by atoms with E-state index in [-0.39, 0.29) is 18.6 Å². The minimum absolute atomic E-state index is 0.0129. The fourth-order valence-electron chi connectivity index (χ4n) is 3.18. The molecule has 0 bridgehead atoms. The van der Waals surface area contributed by atoms with Gasteiger partial charge in [-0.2, -0.15) is 5.26 Å². The zero-order valence-corrected chi connectivity index (χ0v) is 15.0. The summed E-state index contributed by atoms with van der Waals surface area (Å²) in [6, 6.07) is 19.6. The minimum Gasteiger partial charge on any atom is -0.484 e. The van der Waals surface area contributed by atoms with Crippen LogP contribution in [-0.2, 0) is 4.79 Å². The Morgan fingerprint density at radius 1 is 1.08 bits per heavy atom. The molecule has 1 aliphatic heterocycles. The van der Waals surface area contributed by atoms with Crippen molar-refractivity contribution in [1.82, 2.24) is 9.80 Å². The molecular weight excluding hydrogens is 326 g/mol. The third kappa shape index (κ3) is 4.22. The highest BCUT2D eigenvalue weighted by molar-refractivity contribution is 5.78. The Labute approximate surface area is 154 Å². The normalized spacial score (nSPS) is 15.9. The monoisotopic (exact) mass is 349 g/mol. The van der Waals surface area contributed by atoms with Gasteiger partial charge in [0.15, 0.2) is 6.61 Å². The lowest BCUT2D eigenvalue weighted by Crippen LogP contribution is -2.50. The maximum Gasteiger partial charge on any atom is 0.260 e. The van der Waals surface area contributed by atoms with E-state index < -0.39 is 0 Å². The van der Waals surface area contributed by atoms with Crippen LogP contribution in [-0.4, -0.2) is 48.5 Å². The Balaban J connectivity index is 1.52. The predicted octanol–water partition coefficient (Wildman–Crippen LogP) is 2.78. The zero-order valence-electron chi connectivity index (χ0n) is 15.0. The Hall–Kier alpha value is -2.84. The van der Waals surface area contributed by atoms with Crippen LogP contribution in [0.4, 0.5) is 0 Å².